The van der Waals surface area contributed by atoms with Crippen LogP contribution >= 0.6 is 0 Å². The summed E-state index contributed by atoms with van der Waals surface area (Å²) in [6, 6.07) is 9.86. The van der Waals surface area contributed by atoms with Crippen LogP contribution in [0.15, 0.2) is 39.5 Å². The first-order valence-corrected chi connectivity index (χ1v) is 9.99. The van der Waals surface area contributed by atoms with E-state index in [-0.39, 0.29) is 5.63 Å². The largest absolute Gasteiger partial charge is 0.423 e. The van der Waals surface area contributed by atoms with Gasteiger partial charge in [-0.1, -0.05) is 13.3 Å². The number of aromatic nitrogens is 2. The monoisotopic (exact) mass is 378 g/mol. The highest BCUT2D eigenvalue weighted by Gasteiger charge is 2.22. The first-order chi connectivity index (χ1) is 13.5. The molecule has 1 fully saturated rings. The summed E-state index contributed by atoms with van der Waals surface area (Å²) in [6.07, 6.45) is 4.34. The third kappa shape index (κ3) is 3.72. The Labute approximate surface area is 164 Å². The second-order valence-electron chi connectivity index (χ2n) is 7.56. The molecule has 6 nitrogen and oxygen atoms in total. The van der Waals surface area contributed by atoms with Gasteiger partial charge in [-0.15, -0.1) is 0 Å². The van der Waals surface area contributed by atoms with E-state index in [1.54, 1.807) is 0 Å². The van der Waals surface area contributed by atoms with Gasteiger partial charge in [0.15, 0.2) is 0 Å². The van der Waals surface area contributed by atoms with E-state index < -0.39 is 0 Å². The Morgan fingerprint density at radius 2 is 2.11 bits per heavy atom. The van der Waals surface area contributed by atoms with Gasteiger partial charge in [-0.2, -0.15) is 4.98 Å². The minimum atomic E-state index is -0.339. The van der Waals surface area contributed by atoms with E-state index in [1.165, 1.54) is 18.9 Å². The summed E-state index contributed by atoms with van der Waals surface area (Å²) in [4.78, 5) is 23.5. The van der Waals surface area contributed by atoms with Crippen molar-refractivity contribution in [2.24, 2.45) is 0 Å². The Hall–Kier alpha value is -2.89. The molecule has 0 unspecified atom stereocenters. The molecule has 0 aliphatic carbocycles. The predicted octanol–water partition coefficient (Wildman–Crippen LogP) is 4.58. The molecule has 2 aromatic heterocycles. The van der Waals surface area contributed by atoms with Crippen molar-refractivity contribution in [1.29, 1.82) is 0 Å². The second-order valence-corrected chi connectivity index (χ2v) is 7.56. The minimum absolute atomic E-state index is 0.339. The SMILES string of the molecule is CCCc1cc(N2CCC[C@H]2C)nc(Nc2ccc3c(C)cc(=O)oc3c2)n1. The van der Waals surface area contributed by atoms with Gasteiger partial charge in [0.2, 0.25) is 5.95 Å². The molecule has 6 heteroatoms. The molecule has 1 aromatic carbocycles. The van der Waals surface area contributed by atoms with Gasteiger partial charge < -0.3 is 14.6 Å². The lowest BCUT2D eigenvalue weighted by Gasteiger charge is -2.23. The van der Waals surface area contributed by atoms with Crippen molar-refractivity contribution in [3.63, 3.8) is 0 Å². The van der Waals surface area contributed by atoms with Gasteiger partial charge >= 0.3 is 5.63 Å². The molecule has 0 saturated carbocycles. The minimum Gasteiger partial charge on any atom is -0.423 e. The standard InChI is InChI=1S/C22H26N4O2/c1-4-6-16-13-20(26-10-5-7-15(26)3)25-22(23-16)24-17-8-9-18-14(2)11-21(27)28-19(18)12-17/h8-9,11-13,15H,4-7,10H2,1-3H3,(H,23,24,25)/t15-/m1/s1. The van der Waals surface area contributed by atoms with Gasteiger partial charge in [-0.3, -0.25) is 0 Å². The molecule has 1 aliphatic heterocycles. The summed E-state index contributed by atoms with van der Waals surface area (Å²) >= 11 is 0. The highest BCUT2D eigenvalue weighted by molar-refractivity contribution is 5.83. The van der Waals surface area contributed by atoms with Crippen LogP contribution in [-0.2, 0) is 6.42 Å². The Bertz CT molecular complexity index is 1060. The van der Waals surface area contributed by atoms with E-state index in [0.717, 1.165) is 47.5 Å². The predicted molar refractivity (Wildman–Crippen MR) is 113 cm³/mol. The first-order valence-electron chi connectivity index (χ1n) is 9.99. The van der Waals surface area contributed by atoms with Crippen LogP contribution in [0.25, 0.3) is 11.0 Å². The highest BCUT2D eigenvalue weighted by atomic mass is 16.4. The molecule has 0 bridgehead atoms. The fourth-order valence-electron chi connectivity index (χ4n) is 3.88. The Balaban J connectivity index is 1.69. The smallest absolute Gasteiger partial charge is 0.336 e. The maximum Gasteiger partial charge on any atom is 0.336 e. The van der Waals surface area contributed by atoms with E-state index in [1.807, 2.05) is 25.1 Å². The molecular weight excluding hydrogens is 352 g/mol. The molecule has 3 aromatic rings. The molecule has 1 N–H and O–H groups in total. The zero-order valence-corrected chi connectivity index (χ0v) is 16.7. The summed E-state index contributed by atoms with van der Waals surface area (Å²) in [6.45, 7) is 7.34. The van der Waals surface area contributed by atoms with Crippen LogP contribution in [0.2, 0.25) is 0 Å². The van der Waals surface area contributed by atoms with E-state index in [2.05, 4.69) is 35.1 Å². The lowest BCUT2D eigenvalue weighted by atomic mass is 10.1. The van der Waals surface area contributed by atoms with E-state index in [4.69, 9.17) is 9.40 Å². The summed E-state index contributed by atoms with van der Waals surface area (Å²) < 4.78 is 5.36. The maximum absolute atomic E-state index is 11.7. The van der Waals surface area contributed by atoms with Crippen molar-refractivity contribution < 1.29 is 4.42 Å². The van der Waals surface area contributed by atoms with Crippen LogP contribution in [0.3, 0.4) is 0 Å². The van der Waals surface area contributed by atoms with Gasteiger partial charge in [0.05, 0.1) is 0 Å². The molecule has 0 radical (unpaired) electrons. The van der Waals surface area contributed by atoms with Crippen molar-refractivity contribution in [3.05, 3.63) is 52.0 Å². The third-order valence-electron chi connectivity index (χ3n) is 5.33. The Kier molecular flexibility index (Phi) is 5.03. The van der Waals surface area contributed by atoms with Crippen LogP contribution in [0.5, 0.6) is 0 Å². The fourth-order valence-corrected chi connectivity index (χ4v) is 3.88. The molecule has 3 heterocycles. The second kappa shape index (κ2) is 7.62. The summed E-state index contributed by atoms with van der Waals surface area (Å²) in [5, 5.41) is 4.23. The van der Waals surface area contributed by atoms with Crippen LogP contribution in [-0.4, -0.2) is 22.6 Å². The van der Waals surface area contributed by atoms with E-state index in [0.29, 0.717) is 17.6 Å². The van der Waals surface area contributed by atoms with Crippen molar-refractivity contribution in [2.45, 2.75) is 52.5 Å². The zero-order chi connectivity index (χ0) is 19.7. The number of anilines is 3. The molecule has 1 saturated heterocycles. The molecular formula is C22H26N4O2. The lowest BCUT2D eigenvalue weighted by Crippen LogP contribution is -2.27. The van der Waals surface area contributed by atoms with Gasteiger partial charge in [-0.25, -0.2) is 9.78 Å². The molecule has 1 aliphatic rings. The summed E-state index contributed by atoms with van der Waals surface area (Å²) in [5.74, 6) is 1.56. The fraction of sp³-hybridized carbons (Fsp3) is 0.409. The quantitative estimate of drug-likeness (QED) is 0.656. The average molecular weight is 378 g/mol. The maximum atomic E-state index is 11.7. The average Bonchev–Trinajstić information content (AvgIpc) is 3.07. The molecule has 4 rings (SSSR count). The summed E-state index contributed by atoms with van der Waals surface area (Å²) in [7, 11) is 0. The number of aryl methyl sites for hydroxylation is 2. The van der Waals surface area contributed by atoms with Crippen molar-refractivity contribution in [3.8, 4) is 0 Å². The van der Waals surface area contributed by atoms with Crippen molar-refractivity contribution in [1.82, 2.24) is 9.97 Å². The molecule has 0 amide bonds. The molecule has 28 heavy (non-hydrogen) atoms. The van der Waals surface area contributed by atoms with Gasteiger partial charge in [0.1, 0.15) is 11.4 Å². The number of benzene rings is 1. The van der Waals surface area contributed by atoms with Crippen LogP contribution in [0, 0.1) is 6.92 Å². The van der Waals surface area contributed by atoms with Crippen molar-refractivity contribution >= 4 is 28.4 Å². The van der Waals surface area contributed by atoms with E-state index >= 15 is 0 Å². The van der Waals surface area contributed by atoms with E-state index in [9.17, 15) is 4.79 Å². The number of hydrogen-bond acceptors (Lipinski definition) is 6. The number of nitrogens with one attached hydrogen (secondary N) is 1. The Morgan fingerprint density at radius 1 is 1.25 bits per heavy atom. The molecule has 1 atom stereocenters. The van der Waals surface area contributed by atoms with Gasteiger partial charge in [0.25, 0.3) is 0 Å². The Morgan fingerprint density at radius 3 is 2.86 bits per heavy atom. The van der Waals surface area contributed by atoms with Gasteiger partial charge in [-0.05, 0) is 50.8 Å². The zero-order valence-electron chi connectivity index (χ0n) is 16.7. The topological polar surface area (TPSA) is 71.3 Å². The lowest BCUT2D eigenvalue weighted by molar-refractivity contribution is 0.560. The molecule has 146 valence electrons. The normalized spacial score (nSPS) is 16.7. The van der Waals surface area contributed by atoms with Crippen LogP contribution in [0.4, 0.5) is 17.5 Å². The molecule has 0 spiro atoms. The third-order valence-corrected chi connectivity index (χ3v) is 5.33. The number of rotatable bonds is 5. The van der Waals surface area contributed by atoms with Crippen molar-refractivity contribution in [2.75, 3.05) is 16.8 Å². The highest BCUT2D eigenvalue weighted by Crippen LogP contribution is 2.27. The number of nitrogens with zero attached hydrogens (tertiary/aromatic N) is 3. The summed E-state index contributed by atoms with van der Waals surface area (Å²) in [5.41, 5.74) is 2.97. The van der Waals surface area contributed by atoms with Crippen LogP contribution in [0.1, 0.15) is 44.4 Å². The van der Waals surface area contributed by atoms with Gasteiger partial charge in [0, 0.05) is 47.6 Å². The first kappa shape index (κ1) is 18.5. The number of hydrogen-bond donors (Lipinski definition) is 1. The number of fused-ring (bicyclic) bond motifs is 1. The van der Waals surface area contributed by atoms with Crippen LogP contribution < -0.4 is 15.8 Å².